The molecule has 0 aliphatic rings. The van der Waals surface area contributed by atoms with Crippen molar-refractivity contribution in [2.24, 2.45) is 0 Å². The Kier molecular flexibility index (Phi) is 4.94. The Hall–Kier alpha value is -2.09. The Morgan fingerprint density at radius 3 is 2.75 bits per heavy atom. The molecule has 20 heavy (non-hydrogen) atoms. The summed E-state index contributed by atoms with van der Waals surface area (Å²) in [6.45, 7) is 1.91. The summed E-state index contributed by atoms with van der Waals surface area (Å²) >= 11 is 1.39. The number of amides is 1. The summed E-state index contributed by atoms with van der Waals surface area (Å²) in [6, 6.07) is 9.52. The number of nitrogens with one attached hydrogen (secondary N) is 1. The molecule has 0 spiro atoms. The molecule has 0 bridgehead atoms. The number of anilines is 1. The second-order valence-corrected chi connectivity index (χ2v) is 5.08. The maximum Gasteiger partial charge on any atom is 0.256 e. The highest BCUT2D eigenvalue weighted by Crippen LogP contribution is 2.16. The van der Waals surface area contributed by atoms with E-state index in [0.717, 1.165) is 17.0 Å². The fourth-order valence-corrected chi connectivity index (χ4v) is 2.43. The Morgan fingerprint density at radius 2 is 2.10 bits per heavy atom. The van der Waals surface area contributed by atoms with Crippen molar-refractivity contribution in [1.29, 1.82) is 0 Å². The molecule has 0 aliphatic heterocycles. The van der Waals surface area contributed by atoms with Gasteiger partial charge in [-0.05, 0) is 30.2 Å². The molecule has 1 aromatic heterocycles. The topological polar surface area (TPSA) is 49.3 Å². The molecule has 4 heteroatoms. The number of hydrogen-bond acceptors (Lipinski definition) is 3. The predicted octanol–water partition coefficient (Wildman–Crippen LogP) is 2.91. The Labute approximate surface area is 122 Å². The first-order valence-corrected chi connectivity index (χ1v) is 7.19. The van der Waals surface area contributed by atoms with E-state index in [1.165, 1.54) is 16.9 Å². The summed E-state index contributed by atoms with van der Waals surface area (Å²) in [4.78, 5) is 12.8. The number of hydrogen-bond donors (Lipinski definition) is 2. The monoisotopic (exact) mass is 285 g/mol. The number of benzene rings is 1. The largest absolute Gasteiger partial charge is 0.384 e. The van der Waals surface area contributed by atoms with E-state index in [1.54, 1.807) is 11.4 Å². The van der Waals surface area contributed by atoms with Crippen molar-refractivity contribution in [1.82, 2.24) is 0 Å². The van der Waals surface area contributed by atoms with Crippen LogP contribution in [-0.4, -0.2) is 17.6 Å². The highest BCUT2D eigenvalue weighted by Gasteiger charge is 2.08. The second kappa shape index (κ2) is 6.90. The Balaban J connectivity index is 2.05. The van der Waals surface area contributed by atoms with E-state index in [-0.39, 0.29) is 12.5 Å². The summed E-state index contributed by atoms with van der Waals surface area (Å²) < 4.78 is 0. The van der Waals surface area contributed by atoms with Gasteiger partial charge in [0.15, 0.2) is 0 Å². The van der Waals surface area contributed by atoms with Gasteiger partial charge in [0, 0.05) is 11.1 Å². The predicted molar refractivity (Wildman–Crippen MR) is 82.1 cm³/mol. The number of rotatable bonds is 3. The summed E-state index contributed by atoms with van der Waals surface area (Å²) in [5.74, 6) is 5.20. The summed E-state index contributed by atoms with van der Waals surface area (Å²) in [7, 11) is 0. The average molecular weight is 285 g/mol. The number of aliphatic hydroxyl groups is 1. The third kappa shape index (κ3) is 3.70. The van der Waals surface area contributed by atoms with Crippen molar-refractivity contribution in [3.8, 4) is 11.8 Å². The number of aliphatic hydroxyl groups excluding tert-OH is 1. The summed E-state index contributed by atoms with van der Waals surface area (Å²) in [5.41, 5.74) is 2.60. The SMILES string of the molecule is CCc1ccc(NC(=O)c2csc(C#CCO)c2)cc1. The van der Waals surface area contributed by atoms with E-state index < -0.39 is 0 Å². The van der Waals surface area contributed by atoms with E-state index in [4.69, 9.17) is 5.11 Å². The van der Waals surface area contributed by atoms with Crippen molar-refractivity contribution < 1.29 is 9.90 Å². The van der Waals surface area contributed by atoms with Gasteiger partial charge in [-0.15, -0.1) is 11.3 Å². The molecule has 0 fully saturated rings. The molecule has 0 aliphatic carbocycles. The molecule has 0 atom stereocenters. The third-order valence-corrected chi connectivity index (χ3v) is 3.62. The first-order chi connectivity index (χ1) is 9.72. The van der Waals surface area contributed by atoms with Crippen LogP contribution in [0.2, 0.25) is 0 Å². The normalized spacial score (nSPS) is 9.70. The van der Waals surface area contributed by atoms with E-state index in [2.05, 4.69) is 24.1 Å². The molecule has 2 rings (SSSR count). The van der Waals surface area contributed by atoms with E-state index >= 15 is 0 Å². The Morgan fingerprint density at radius 1 is 1.35 bits per heavy atom. The van der Waals surface area contributed by atoms with Gasteiger partial charge in [0.2, 0.25) is 0 Å². The van der Waals surface area contributed by atoms with E-state index in [1.807, 2.05) is 24.3 Å². The molecule has 3 nitrogen and oxygen atoms in total. The number of thiophene rings is 1. The van der Waals surface area contributed by atoms with Crippen molar-refractivity contribution in [3.63, 3.8) is 0 Å². The van der Waals surface area contributed by atoms with Crippen LogP contribution in [0.25, 0.3) is 0 Å². The average Bonchev–Trinajstić information content (AvgIpc) is 2.95. The maximum atomic E-state index is 12.1. The molecule has 0 unspecified atom stereocenters. The van der Waals surface area contributed by atoms with Crippen LogP contribution in [0.4, 0.5) is 5.69 Å². The first kappa shape index (κ1) is 14.3. The molecule has 0 radical (unpaired) electrons. The first-order valence-electron chi connectivity index (χ1n) is 6.31. The minimum atomic E-state index is -0.177. The van der Waals surface area contributed by atoms with E-state index in [9.17, 15) is 4.79 Å². The minimum absolute atomic E-state index is 0.150. The lowest BCUT2D eigenvalue weighted by Gasteiger charge is -2.04. The van der Waals surface area contributed by atoms with Gasteiger partial charge in [-0.25, -0.2) is 0 Å². The maximum absolute atomic E-state index is 12.1. The third-order valence-electron chi connectivity index (χ3n) is 2.77. The highest BCUT2D eigenvalue weighted by atomic mass is 32.1. The molecular weight excluding hydrogens is 270 g/mol. The van der Waals surface area contributed by atoms with Crippen molar-refractivity contribution in [2.45, 2.75) is 13.3 Å². The van der Waals surface area contributed by atoms with Crippen LogP contribution in [0.1, 0.15) is 27.7 Å². The molecule has 102 valence electrons. The molecule has 2 aromatic rings. The lowest BCUT2D eigenvalue weighted by atomic mass is 10.1. The quantitative estimate of drug-likeness (QED) is 0.852. The van der Waals surface area contributed by atoms with Crippen LogP contribution in [-0.2, 0) is 6.42 Å². The molecule has 1 heterocycles. The summed E-state index contributed by atoms with van der Waals surface area (Å²) in [6.07, 6.45) is 0.978. The fraction of sp³-hybridized carbons (Fsp3) is 0.188. The lowest BCUT2D eigenvalue weighted by molar-refractivity contribution is 0.102. The van der Waals surface area contributed by atoms with Crippen LogP contribution >= 0.6 is 11.3 Å². The zero-order valence-corrected chi connectivity index (χ0v) is 12.0. The number of aryl methyl sites for hydroxylation is 1. The van der Waals surface area contributed by atoms with E-state index in [0.29, 0.717) is 5.56 Å². The van der Waals surface area contributed by atoms with Gasteiger partial charge >= 0.3 is 0 Å². The standard InChI is InChI=1S/C16H15NO2S/c1-2-12-5-7-14(8-6-12)17-16(19)13-10-15(20-11-13)4-3-9-18/h5-8,10-11,18H,2,9H2,1H3,(H,17,19). The highest BCUT2D eigenvalue weighted by molar-refractivity contribution is 7.10. The molecule has 0 saturated heterocycles. The van der Waals surface area contributed by atoms with Gasteiger partial charge in [0.25, 0.3) is 5.91 Å². The van der Waals surface area contributed by atoms with Gasteiger partial charge in [-0.1, -0.05) is 30.9 Å². The second-order valence-electron chi connectivity index (χ2n) is 4.16. The van der Waals surface area contributed by atoms with Crippen LogP contribution in [0.15, 0.2) is 35.7 Å². The van der Waals surface area contributed by atoms with Crippen molar-refractivity contribution >= 4 is 22.9 Å². The summed E-state index contributed by atoms with van der Waals surface area (Å²) in [5, 5.41) is 13.2. The molecule has 1 aromatic carbocycles. The fourth-order valence-electron chi connectivity index (χ4n) is 1.67. The smallest absolute Gasteiger partial charge is 0.256 e. The molecule has 0 saturated carbocycles. The van der Waals surface area contributed by atoms with Gasteiger partial charge in [0.1, 0.15) is 6.61 Å². The zero-order valence-electron chi connectivity index (χ0n) is 11.1. The molecule has 2 N–H and O–H groups in total. The lowest BCUT2D eigenvalue weighted by Crippen LogP contribution is -2.10. The van der Waals surface area contributed by atoms with Gasteiger partial charge < -0.3 is 10.4 Å². The Bertz CT molecular complexity index is 647. The number of carbonyl (C=O) groups excluding carboxylic acids is 1. The van der Waals surface area contributed by atoms with Crippen molar-refractivity contribution in [3.05, 3.63) is 51.7 Å². The van der Waals surface area contributed by atoms with Crippen LogP contribution < -0.4 is 5.32 Å². The zero-order chi connectivity index (χ0) is 14.4. The van der Waals surface area contributed by atoms with Gasteiger partial charge in [-0.2, -0.15) is 0 Å². The van der Waals surface area contributed by atoms with Crippen LogP contribution in [0.5, 0.6) is 0 Å². The molecule has 1 amide bonds. The van der Waals surface area contributed by atoms with Crippen LogP contribution in [0.3, 0.4) is 0 Å². The minimum Gasteiger partial charge on any atom is -0.384 e. The number of carbonyl (C=O) groups is 1. The molecular formula is C16H15NO2S. The van der Waals surface area contributed by atoms with Crippen molar-refractivity contribution in [2.75, 3.05) is 11.9 Å². The van der Waals surface area contributed by atoms with Gasteiger partial charge in [-0.3, -0.25) is 4.79 Å². The van der Waals surface area contributed by atoms with Crippen LogP contribution in [0, 0.1) is 11.8 Å². The van der Waals surface area contributed by atoms with Gasteiger partial charge in [0.05, 0.1) is 10.4 Å².